The Morgan fingerprint density at radius 3 is 2.27 bits per heavy atom. The molecule has 5 nitrogen and oxygen atoms in total. The summed E-state index contributed by atoms with van der Waals surface area (Å²) in [5.74, 6) is 1.43. The number of para-hydroxylation sites is 1. The number of likely N-dealkylation sites (tertiary alicyclic amines) is 1. The number of phenols is 1. The molecule has 1 saturated heterocycles. The quantitative estimate of drug-likeness (QED) is 0.375. The van der Waals surface area contributed by atoms with Gasteiger partial charge < -0.3 is 15.2 Å². The minimum absolute atomic E-state index is 0.135. The monoisotopic (exact) mass is 498 g/mol. The average molecular weight is 499 g/mol. The molecule has 5 heteroatoms. The van der Waals surface area contributed by atoms with E-state index in [-0.39, 0.29) is 28.9 Å². The fourth-order valence-electron chi connectivity index (χ4n) is 6.00. The van der Waals surface area contributed by atoms with Crippen LogP contribution in [0, 0.1) is 11.3 Å². The first kappa shape index (κ1) is 25.3. The predicted octanol–water partition coefficient (Wildman–Crippen LogP) is 5.73. The van der Waals surface area contributed by atoms with Gasteiger partial charge in [0, 0.05) is 30.5 Å². The summed E-state index contributed by atoms with van der Waals surface area (Å²) < 4.78 is 5.53. The second-order valence-corrected chi connectivity index (χ2v) is 10.5. The third kappa shape index (κ3) is 5.83. The zero-order valence-corrected chi connectivity index (χ0v) is 21.7. The highest BCUT2D eigenvalue weighted by atomic mass is 16.5. The fraction of sp³-hybridized carbons (Fsp3) is 0.406. The van der Waals surface area contributed by atoms with Gasteiger partial charge in [-0.25, -0.2) is 0 Å². The van der Waals surface area contributed by atoms with E-state index in [1.54, 1.807) is 0 Å². The van der Waals surface area contributed by atoms with Crippen molar-refractivity contribution >= 4 is 5.91 Å². The highest BCUT2D eigenvalue weighted by Gasteiger charge is 2.58. The smallest absolute Gasteiger partial charge is 0.223 e. The number of phenolic OH excluding ortho intramolecular Hbond substituents is 1. The molecule has 1 saturated carbocycles. The summed E-state index contributed by atoms with van der Waals surface area (Å²) in [5, 5.41) is 13.8. The van der Waals surface area contributed by atoms with Crippen molar-refractivity contribution in [2.45, 2.75) is 45.1 Å². The highest BCUT2D eigenvalue weighted by Crippen LogP contribution is 2.59. The van der Waals surface area contributed by atoms with E-state index in [2.05, 4.69) is 58.7 Å². The van der Waals surface area contributed by atoms with Crippen LogP contribution in [0.2, 0.25) is 0 Å². The second-order valence-electron chi connectivity index (χ2n) is 10.5. The topological polar surface area (TPSA) is 61.8 Å². The van der Waals surface area contributed by atoms with Gasteiger partial charge in [-0.3, -0.25) is 9.69 Å². The van der Waals surface area contributed by atoms with Crippen LogP contribution >= 0.6 is 0 Å². The average Bonchev–Trinajstić information content (AvgIpc) is 3.64. The second kappa shape index (κ2) is 11.4. The minimum atomic E-state index is 0.135. The summed E-state index contributed by atoms with van der Waals surface area (Å²) in [7, 11) is 0. The van der Waals surface area contributed by atoms with Crippen LogP contribution in [-0.4, -0.2) is 42.2 Å². The van der Waals surface area contributed by atoms with Crippen molar-refractivity contribution in [3.05, 3.63) is 95.6 Å². The Morgan fingerprint density at radius 2 is 1.65 bits per heavy atom. The van der Waals surface area contributed by atoms with Gasteiger partial charge in [0.2, 0.25) is 5.91 Å². The molecule has 1 aliphatic carbocycles. The molecule has 1 spiro atoms. The molecule has 1 aliphatic heterocycles. The number of rotatable bonds is 10. The Hall–Kier alpha value is -3.31. The molecular formula is C32H38N2O3. The molecule has 2 N–H and O–H groups in total. The minimum Gasteiger partial charge on any atom is -0.504 e. The summed E-state index contributed by atoms with van der Waals surface area (Å²) in [6, 6.07) is 26.9. The zero-order chi connectivity index (χ0) is 25.7. The van der Waals surface area contributed by atoms with Crippen LogP contribution in [0.3, 0.4) is 0 Å². The number of carbonyl (C=O) groups excluding carboxylic acids is 1. The maximum absolute atomic E-state index is 13.1. The molecule has 0 bridgehead atoms. The van der Waals surface area contributed by atoms with Crippen LogP contribution in [0.25, 0.3) is 0 Å². The van der Waals surface area contributed by atoms with E-state index >= 15 is 0 Å². The van der Waals surface area contributed by atoms with Crippen LogP contribution in [-0.2, 0) is 11.3 Å². The molecule has 5 rings (SSSR count). The maximum Gasteiger partial charge on any atom is 0.223 e. The molecule has 37 heavy (non-hydrogen) atoms. The summed E-state index contributed by atoms with van der Waals surface area (Å²) in [5.41, 5.74) is 3.64. The summed E-state index contributed by atoms with van der Waals surface area (Å²) in [6.45, 7) is 5.75. The molecule has 3 aromatic carbocycles. The molecule has 1 amide bonds. The molecule has 0 aromatic heterocycles. The lowest BCUT2D eigenvalue weighted by Crippen LogP contribution is -2.37. The number of ether oxygens (including phenoxy) is 1. The Balaban J connectivity index is 1.11. The van der Waals surface area contributed by atoms with Gasteiger partial charge in [0.15, 0.2) is 11.5 Å². The van der Waals surface area contributed by atoms with E-state index in [0.717, 1.165) is 44.3 Å². The number of hydrogen-bond donors (Lipinski definition) is 2. The Morgan fingerprint density at radius 1 is 1.00 bits per heavy atom. The zero-order valence-electron chi connectivity index (χ0n) is 21.7. The summed E-state index contributed by atoms with van der Waals surface area (Å²) in [6.07, 6.45) is 3.96. The number of carbonyl (C=O) groups is 1. The van der Waals surface area contributed by atoms with Gasteiger partial charge in [0.1, 0.15) is 0 Å². The van der Waals surface area contributed by atoms with E-state index in [9.17, 15) is 9.90 Å². The number of nitrogens with one attached hydrogen (secondary N) is 1. The highest BCUT2D eigenvalue weighted by molar-refractivity contribution is 5.82. The lowest BCUT2D eigenvalue weighted by molar-refractivity contribution is -0.123. The molecule has 2 aliphatic rings. The summed E-state index contributed by atoms with van der Waals surface area (Å²) in [4.78, 5) is 15.5. The Labute approximate surface area is 220 Å². The lowest BCUT2D eigenvalue weighted by Gasteiger charge is -2.33. The summed E-state index contributed by atoms with van der Waals surface area (Å²) >= 11 is 0. The Bertz CT molecular complexity index is 1130. The predicted molar refractivity (Wildman–Crippen MR) is 147 cm³/mol. The van der Waals surface area contributed by atoms with Gasteiger partial charge in [-0.15, -0.1) is 0 Å². The van der Waals surface area contributed by atoms with Crippen LogP contribution < -0.4 is 10.1 Å². The van der Waals surface area contributed by atoms with E-state index in [1.807, 2.05) is 37.3 Å². The van der Waals surface area contributed by atoms with E-state index in [4.69, 9.17) is 4.74 Å². The van der Waals surface area contributed by atoms with E-state index in [0.29, 0.717) is 25.4 Å². The molecule has 0 unspecified atom stereocenters. The van der Waals surface area contributed by atoms with Crippen molar-refractivity contribution < 1.29 is 14.6 Å². The van der Waals surface area contributed by atoms with Gasteiger partial charge in [0.05, 0.1) is 6.61 Å². The first-order valence-corrected chi connectivity index (χ1v) is 13.6. The maximum atomic E-state index is 13.1. The van der Waals surface area contributed by atoms with Crippen molar-refractivity contribution in [1.82, 2.24) is 10.2 Å². The lowest BCUT2D eigenvalue weighted by atomic mass is 9.88. The fourth-order valence-corrected chi connectivity index (χ4v) is 6.00. The van der Waals surface area contributed by atoms with Crippen molar-refractivity contribution in [2.24, 2.45) is 11.3 Å². The third-order valence-corrected chi connectivity index (χ3v) is 8.27. The van der Waals surface area contributed by atoms with Crippen molar-refractivity contribution in [3.63, 3.8) is 0 Å². The van der Waals surface area contributed by atoms with E-state index < -0.39 is 0 Å². The number of benzene rings is 3. The molecule has 194 valence electrons. The molecule has 0 radical (unpaired) electrons. The van der Waals surface area contributed by atoms with E-state index in [1.165, 1.54) is 11.1 Å². The number of amides is 1. The molecule has 1 atom stereocenters. The van der Waals surface area contributed by atoms with Gasteiger partial charge in [0.25, 0.3) is 0 Å². The van der Waals surface area contributed by atoms with Gasteiger partial charge in [-0.1, -0.05) is 72.8 Å². The number of nitrogens with zero attached hydrogens (tertiary/aromatic N) is 1. The van der Waals surface area contributed by atoms with Crippen LogP contribution in [0.5, 0.6) is 11.5 Å². The van der Waals surface area contributed by atoms with Crippen molar-refractivity contribution in [1.29, 1.82) is 0 Å². The molecule has 1 heterocycles. The van der Waals surface area contributed by atoms with Gasteiger partial charge in [-0.05, 0) is 68.3 Å². The van der Waals surface area contributed by atoms with Crippen LogP contribution in [0.1, 0.15) is 55.2 Å². The van der Waals surface area contributed by atoms with Crippen LogP contribution in [0.15, 0.2) is 78.9 Å². The normalized spacial score (nSPS) is 18.6. The number of hydrogen-bond acceptors (Lipinski definition) is 4. The number of aromatic hydroxyl groups is 1. The van der Waals surface area contributed by atoms with Gasteiger partial charge in [-0.2, -0.15) is 0 Å². The first-order chi connectivity index (χ1) is 18.1. The first-order valence-electron chi connectivity index (χ1n) is 13.6. The third-order valence-electron chi connectivity index (χ3n) is 8.27. The standard InChI is InChI=1S/C32H38N2O3/c1-2-37-29-15-9-14-26(30(29)35)23-34-20-17-32(18-21-34)22-28(32)31(36)33-19-16-27(24-10-5-3-6-11-24)25-12-7-4-8-13-25/h3-15,27-28,35H,2,16-23H2,1H3,(H,33,36)/t28-/m1/s1. The van der Waals surface area contributed by atoms with Gasteiger partial charge >= 0.3 is 0 Å². The largest absolute Gasteiger partial charge is 0.504 e. The number of piperidine rings is 1. The molecule has 3 aromatic rings. The Kier molecular flexibility index (Phi) is 7.80. The SMILES string of the molecule is CCOc1cccc(CN2CCC3(CC2)C[C@@H]3C(=O)NCCC(c2ccccc2)c2ccccc2)c1O. The molecule has 2 fully saturated rings. The van der Waals surface area contributed by atoms with Crippen molar-refractivity contribution in [3.8, 4) is 11.5 Å². The van der Waals surface area contributed by atoms with Crippen LogP contribution in [0.4, 0.5) is 0 Å². The molecular weight excluding hydrogens is 460 g/mol. The van der Waals surface area contributed by atoms with Crippen molar-refractivity contribution in [2.75, 3.05) is 26.2 Å².